The summed E-state index contributed by atoms with van der Waals surface area (Å²) < 4.78 is 6.10. The van der Waals surface area contributed by atoms with Gasteiger partial charge < -0.3 is 10.1 Å². The van der Waals surface area contributed by atoms with Crippen molar-refractivity contribution in [2.24, 2.45) is 0 Å². The van der Waals surface area contributed by atoms with Gasteiger partial charge in [-0.1, -0.05) is 30.3 Å². The molecule has 1 aliphatic heterocycles. The van der Waals surface area contributed by atoms with Crippen LogP contribution in [0.1, 0.15) is 40.7 Å². The van der Waals surface area contributed by atoms with E-state index in [2.05, 4.69) is 11.4 Å². The smallest absolute Gasteiger partial charge is 0.267 e. The Morgan fingerprint density at radius 3 is 2.58 bits per heavy atom. The van der Waals surface area contributed by atoms with Crippen LogP contribution in [0.15, 0.2) is 54.6 Å². The molecule has 8 nitrogen and oxygen atoms in total. The molecule has 0 radical (unpaired) electrons. The summed E-state index contributed by atoms with van der Waals surface area (Å²) >= 11 is 0. The molecule has 0 bridgehead atoms. The molecule has 0 aromatic heterocycles. The largest absolute Gasteiger partial charge is 0.358 e. The van der Waals surface area contributed by atoms with Crippen LogP contribution in [-0.2, 0) is 16.1 Å². The Bertz CT molecular complexity index is 911. The number of amides is 2. The molecule has 2 atom stereocenters. The first-order valence-corrected chi connectivity index (χ1v) is 10.2. The van der Waals surface area contributed by atoms with E-state index < -0.39 is 11.9 Å². The molecule has 0 aliphatic carbocycles. The molecule has 162 valence electrons. The Morgan fingerprint density at radius 2 is 1.90 bits per heavy atom. The highest BCUT2D eigenvalue weighted by Crippen LogP contribution is 2.20. The van der Waals surface area contributed by atoms with Crippen molar-refractivity contribution < 1.29 is 19.5 Å². The summed E-state index contributed by atoms with van der Waals surface area (Å²) in [5.41, 5.74) is 3.63. The van der Waals surface area contributed by atoms with E-state index in [9.17, 15) is 9.59 Å². The molecule has 1 saturated heterocycles. The van der Waals surface area contributed by atoms with E-state index in [4.69, 9.17) is 15.2 Å². The van der Waals surface area contributed by atoms with Crippen molar-refractivity contribution >= 4 is 11.8 Å². The van der Waals surface area contributed by atoms with E-state index in [1.54, 1.807) is 47.9 Å². The number of rotatable bonds is 8. The molecule has 1 unspecified atom stereocenters. The Labute approximate surface area is 181 Å². The number of benzene rings is 2. The lowest BCUT2D eigenvalue weighted by atomic mass is 10.1. The minimum absolute atomic E-state index is 0.211. The van der Waals surface area contributed by atoms with E-state index in [1.165, 1.54) is 0 Å². The number of likely N-dealkylation sites (tertiary alicyclic amines) is 1. The van der Waals surface area contributed by atoms with Crippen LogP contribution in [0, 0.1) is 11.3 Å². The van der Waals surface area contributed by atoms with Crippen LogP contribution in [0.3, 0.4) is 0 Å². The summed E-state index contributed by atoms with van der Waals surface area (Å²) in [6.45, 7) is 1.30. The molecule has 0 spiro atoms. The second-order valence-electron chi connectivity index (χ2n) is 7.43. The van der Waals surface area contributed by atoms with Crippen molar-refractivity contribution in [2.75, 3.05) is 13.1 Å². The molecule has 2 aromatic rings. The number of carbonyl (C=O) groups is 2. The summed E-state index contributed by atoms with van der Waals surface area (Å²) in [5.74, 6) is -1.07. The van der Waals surface area contributed by atoms with Gasteiger partial charge in [-0.05, 0) is 49.1 Å². The number of nitrogens with zero attached hydrogens (tertiary/aromatic N) is 2. The second-order valence-corrected chi connectivity index (χ2v) is 7.43. The van der Waals surface area contributed by atoms with Crippen molar-refractivity contribution in [3.63, 3.8) is 0 Å². The van der Waals surface area contributed by atoms with Gasteiger partial charge in [0.05, 0.1) is 18.2 Å². The SMILES string of the molecule is N#Cc1ccc(COC2CCCCN2C[C@H](NC(=O)c2ccccc2)C(=O)NO)cc1. The molecular formula is C23H26N4O4. The van der Waals surface area contributed by atoms with E-state index in [0.29, 0.717) is 24.3 Å². The van der Waals surface area contributed by atoms with Crippen LogP contribution in [0.5, 0.6) is 0 Å². The van der Waals surface area contributed by atoms with Crippen molar-refractivity contribution in [1.82, 2.24) is 15.7 Å². The highest BCUT2D eigenvalue weighted by molar-refractivity contribution is 5.97. The zero-order valence-corrected chi connectivity index (χ0v) is 17.2. The van der Waals surface area contributed by atoms with Crippen LogP contribution in [-0.4, -0.2) is 47.3 Å². The average molecular weight is 422 g/mol. The molecule has 2 amide bonds. The van der Waals surface area contributed by atoms with Gasteiger partial charge in [0.25, 0.3) is 11.8 Å². The van der Waals surface area contributed by atoms with Gasteiger partial charge in [0.1, 0.15) is 12.3 Å². The number of piperidine rings is 1. The van der Waals surface area contributed by atoms with Gasteiger partial charge in [0.2, 0.25) is 0 Å². The molecule has 3 N–H and O–H groups in total. The highest BCUT2D eigenvalue weighted by atomic mass is 16.5. The third-order valence-corrected chi connectivity index (χ3v) is 5.26. The number of nitriles is 1. The Hall–Kier alpha value is -3.25. The average Bonchev–Trinajstić information content (AvgIpc) is 2.83. The normalized spacial score (nSPS) is 17.4. The van der Waals surface area contributed by atoms with Crippen molar-refractivity contribution in [1.29, 1.82) is 5.26 Å². The summed E-state index contributed by atoms with van der Waals surface area (Å²) in [6.07, 6.45) is 2.54. The van der Waals surface area contributed by atoms with Crippen LogP contribution in [0.25, 0.3) is 0 Å². The zero-order chi connectivity index (χ0) is 22.1. The van der Waals surface area contributed by atoms with Crippen molar-refractivity contribution in [3.05, 3.63) is 71.3 Å². The number of nitrogens with one attached hydrogen (secondary N) is 2. The second kappa shape index (κ2) is 11.2. The van der Waals surface area contributed by atoms with E-state index >= 15 is 0 Å². The molecule has 31 heavy (non-hydrogen) atoms. The molecule has 0 saturated carbocycles. The van der Waals surface area contributed by atoms with Gasteiger partial charge in [0, 0.05) is 18.7 Å². The summed E-state index contributed by atoms with van der Waals surface area (Å²) in [6, 6.07) is 17.0. The van der Waals surface area contributed by atoms with Gasteiger partial charge in [-0.3, -0.25) is 19.7 Å². The molecule has 1 fully saturated rings. The first-order chi connectivity index (χ1) is 15.1. The molecule has 8 heteroatoms. The quantitative estimate of drug-likeness (QED) is 0.444. The van der Waals surface area contributed by atoms with Crippen LogP contribution in [0.4, 0.5) is 0 Å². The molecule has 1 aliphatic rings. The third-order valence-electron chi connectivity index (χ3n) is 5.26. The van der Waals surface area contributed by atoms with Gasteiger partial charge >= 0.3 is 0 Å². The van der Waals surface area contributed by atoms with Gasteiger partial charge in [-0.15, -0.1) is 0 Å². The van der Waals surface area contributed by atoms with Crippen molar-refractivity contribution in [2.45, 2.75) is 38.1 Å². The van der Waals surface area contributed by atoms with Gasteiger partial charge in [-0.2, -0.15) is 5.26 Å². The maximum atomic E-state index is 12.5. The first kappa shape index (κ1) is 22.4. The fourth-order valence-corrected chi connectivity index (χ4v) is 3.56. The maximum absolute atomic E-state index is 12.5. The Kier molecular flexibility index (Phi) is 8.12. The summed E-state index contributed by atoms with van der Waals surface area (Å²) in [7, 11) is 0. The minimum atomic E-state index is -0.934. The predicted molar refractivity (Wildman–Crippen MR) is 113 cm³/mol. The maximum Gasteiger partial charge on any atom is 0.267 e. The van der Waals surface area contributed by atoms with Crippen LogP contribution in [0.2, 0.25) is 0 Å². The van der Waals surface area contributed by atoms with Crippen LogP contribution < -0.4 is 10.8 Å². The van der Waals surface area contributed by atoms with E-state index in [1.807, 2.05) is 17.0 Å². The Morgan fingerprint density at radius 1 is 1.16 bits per heavy atom. The van der Waals surface area contributed by atoms with Gasteiger partial charge in [-0.25, -0.2) is 5.48 Å². The van der Waals surface area contributed by atoms with E-state index in [-0.39, 0.29) is 18.7 Å². The molecule has 2 aromatic carbocycles. The van der Waals surface area contributed by atoms with Crippen molar-refractivity contribution in [3.8, 4) is 6.07 Å². The first-order valence-electron chi connectivity index (χ1n) is 10.2. The minimum Gasteiger partial charge on any atom is -0.358 e. The fraction of sp³-hybridized carbons (Fsp3) is 0.348. The molecule has 3 rings (SSSR count). The van der Waals surface area contributed by atoms with Crippen LogP contribution >= 0.6 is 0 Å². The number of hydrogen-bond donors (Lipinski definition) is 3. The third kappa shape index (κ3) is 6.36. The number of hydroxylamine groups is 1. The monoisotopic (exact) mass is 422 g/mol. The highest BCUT2D eigenvalue weighted by Gasteiger charge is 2.30. The molecule has 1 heterocycles. The number of hydrogen-bond acceptors (Lipinski definition) is 6. The van der Waals surface area contributed by atoms with E-state index in [0.717, 1.165) is 24.8 Å². The topological polar surface area (TPSA) is 115 Å². The lowest BCUT2D eigenvalue weighted by Gasteiger charge is -2.37. The number of carbonyl (C=O) groups excluding carboxylic acids is 2. The lowest BCUT2D eigenvalue weighted by molar-refractivity contribution is -0.134. The lowest BCUT2D eigenvalue weighted by Crippen LogP contribution is -2.55. The summed E-state index contributed by atoms with van der Waals surface area (Å²) in [4.78, 5) is 26.8. The number of ether oxygens (including phenoxy) is 1. The standard InChI is InChI=1S/C23H26N4O4/c24-14-17-9-11-18(12-10-17)16-31-21-8-4-5-13-27(21)15-20(23(29)26-30)25-22(28)19-6-2-1-3-7-19/h1-3,6-7,9-12,20-21,30H,4-5,8,13,15-16H2,(H,25,28)(H,26,29)/t20-,21?/m0/s1. The Balaban J connectivity index is 1.63. The van der Waals surface area contributed by atoms with Gasteiger partial charge in [0.15, 0.2) is 0 Å². The fourth-order valence-electron chi connectivity index (χ4n) is 3.56. The summed E-state index contributed by atoms with van der Waals surface area (Å²) in [5, 5.41) is 20.8. The molecular weight excluding hydrogens is 396 g/mol. The zero-order valence-electron chi connectivity index (χ0n) is 17.2. The predicted octanol–water partition coefficient (Wildman–Crippen LogP) is 2.19.